The molecular weight excluding hydrogens is 331 g/mol. The number of nitrogens with zero attached hydrogens (tertiary/aromatic N) is 1. The summed E-state index contributed by atoms with van der Waals surface area (Å²) in [5.41, 5.74) is 1.48. The first-order chi connectivity index (χ1) is 11.4. The molecule has 2 amide bonds. The molecule has 0 aliphatic carbocycles. The summed E-state index contributed by atoms with van der Waals surface area (Å²) in [6, 6.07) is 12.8. The summed E-state index contributed by atoms with van der Waals surface area (Å²) in [6.45, 7) is 1.77. The van der Waals surface area contributed by atoms with Crippen molar-refractivity contribution in [2.45, 2.75) is 13.3 Å². The Balaban J connectivity index is 1.91. The van der Waals surface area contributed by atoms with E-state index < -0.39 is 0 Å². The Morgan fingerprint density at radius 3 is 2.50 bits per heavy atom. The number of anilines is 1. The Hall–Kier alpha value is -2.40. The van der Waals surface area contributed by atoms with Crippen molar-refractivity contribution in [1.29, 1.82) is 0 Å². The molecule has 0 aliphatic heterocycles. The van der Waals surface area contributed by atoms with Gasteiger partial charge in [-0.15, -0.1) is 0 Å². The van der Waals surface area contributed by atoms with Crippen molar-refractivity contribution in [1.82, 2.24) is 4.90 Å². The smallest absolute Gasteiger partial charge is 0.243 e. The first kappa shape index (κ1) is 17.9. The van der Waals surface area contributed by atoms with E-state index in [-0.39, 0.29) is 24.2 Å². The molecule has 0 saturated carbocycles. The van der Waals surface area contributed by atoms with E-state index in [4.69, 9.17) is 11.6 Å². The second kappa shape index (κ2) is 8.45. The molecule has 0 atom stereocenters. The highest BCUT2D eigenvalue weighted by atomic mass is 35.5. The van der Waals surface area contributed by atoms with Crippen molar-refractivity contribution < 1.29 is 14.0 Å². The minimum atomic E-state index is -0.375. The molecule has 4 nitrogen and oxygen atoms in total. The third-order valence-electron chi connectivity index (χ3n) is 3.47. The molecule has 0 spiro atoms. The van der Waals surface area contributed by atoms with Crippen LogP contribution in [0.15, 0.2) is 48.5 Å². The lowest BCUT2D eigenvalue weighted by Gasteiger charge is -2.20. The number of hydrogen-bond acceptors (Lipinski definition) is 2. The van der Waals surface area contributed by atoms with Crippen molar-refractivity contribution in [2.75, 3.05) is 18.4 Å². The molecule has 2 aromatic rings. The standard InChI is InChI=1S/C18H18ClFN2O2/c1-13(23)22(10-9-14-3-2-4-15(19)11-14)12-18(24)21-17-7-5-16(20)6-8-17/h2-8,11H,9-10,12H2,1H3,(H,21,24). The second-order valence-corrected chi connectivity index (χ2v) is 5.81. The minimum Gasteiger partial charge on any atom is -0.333 e. The van der Waals surface area contributed by atoms with Crippen LogP contribution in [0.25, 0.3) is 0 Å². The number of halogens is 2. The molecule has 0 heterocycles. The first-order valence-corrected chi connectivity index (χ1v) is 7.87. The fraction of sp³-hybridized carbons (Fsp3) is 0.222. The molecule has 0 aliphatic rings. The maximum atomic E-state index is 12.9. The molecule has 2 aromatic carbocycles. The van der Waals surface area contributed by atoms with Crippen LogP contribution in [0.1, 0.15) is 12.5 Å². The van der Waals surface area contributed by atoms with E-state index in [2.05, 4.69) is 5.32 Å². The Kier molecular flexibility index (Phi) is 6.32. The van der Waals surface area contributed by atoms with E-state index in [9.17, 15) is 14.0 Å². The number of nitrogens with one attached hydrogen (secondary N) is 1. The fourth-order valence-electron chi connectivity index (χ4n) is 2.21. The van der Waals surface area contributed by atoms with Gasteiger partial charge in [-0.05, 0) is 48.4 Å². The molecule has 1 N–H and O–H groups in total. The lowest BCUT2D eigenvalue weighted by molar-refractivity contribution is -0.132. The molecule has 2 rings (SSSR count). The third kappa shape index (κ3) is 5.66. The monoisotopic (exact) mass is 348 g/mol. The van der Waals surface area contributed by atoms with Crippen LogP contribution in [0, 0.1) is 5.82 Å². The van der Waals surface area contributed by atoms with Gasteiger partial charge in [0.25, 0.3) is 0 Å². The zero-order valence-electron chi connectivity index (χ0n) is 13.3. The van der Waals surface area contributed by atoms with Crippen molar-refractivity contribution >= 4 is 29.1 Å². The van der Waals surface area contributed by atoms with Gasteiger partial charge >= 0.3 is 0 Å². The van der Waals surface area contributed by atoms with Crippen LogP contribution >= 0.6 is 11.6 Å². The number of rotatable bonds is 6. The highest BCUT2D eigenvalue weighted by molar-refractivity contribution is 6.30. The number of benzene rings is 2. The van der Waals surface area contributed by atoms with Gasteiger partial charge in [0, 0.05) is 24.2 Å². The summed E-state index contributed by atoms with van der Waals surface area (Å²) >= 11 is 5.94. The summed E-state index contributed by atoms with van der Waals surface area (Å²) < 4.78 is 12.9. The third-order valence-corrected chi connectivity index (χ3v) is 3.70. The molecule has 126 valence electrons. The van der Waals surface area contributed by atoms with E-state index in [1.165, 1.54) is 36.1 Å². The average Bonchev–Trinajstić information content (AvgIpc) is 2.53. The molecule has 0 fully saturated rings. The van der Waals surface area contributed by atoms with Gasteiger partial charge in [-0.25, -0.2) is 4.39 Å². The molecule has 24 heavy (non-hydrogen) atoms. The number of carbonyl (C=O) groups excluding carboxylic acids is 2. The molecular formula is C18H18ClFN2O2. The number of carbonyl (C=O) groups is 2. The summed E-state index contributed by atoms with van der Waals surface area (Å²) in [5, 5.41) is 3.28. The van der Waals surface area contributed by atoms with Gasteiger partial charge in [-0.1, -0.05) is 23.7 Å². The van der Waals surface area contributed by atoms with Gasteiger partial charge in [-0.2, -0.15) is 0 Å². The van der Waals surface area contributed by atoms with E-state index in [1.54, 1.807) is 6.07 Å². The molecule has 0 bridgehead atoms. The Bertz CT molecular complexity index is 719. The van der Waals surface area contributed by atoms with E-state index in [0.29, 0.717) is 23.7 Å². The normalized spacial score (nSPS) is 10.3. The lowest BCUT2D eigenvalue weighted by atomic mass is 10.1. The molecule has 6 heteroatoms. The molecule has 0 radical (unpaired) electrons. The minimum absolute atomic E-state index is 0.0622. The number of amides is 2. The van der Waals surface area contributed by atoms with Gasteiger partial charge < -0.3 is 10.2 Å². The van der Waals surface area contributed by atoms with Crippen molar-refractivity contribution in [3.05, 3.63) is 64.9 Å². The Labute approximate surface area is 145 Å². The number of hydrogen-bond donors (Lipinski definition) is 1. The predicted molar refractivity (Wildman–Crippen MR) is 92.4 cm³/mol. The maximum Gasteiger partial charge on any atom is 0.243 e. The average molecular weight is 349 g/mol. The van der Waals surface area contributed by atoms with Crippen LogP contribution in [0.4, 0.5) is 10.1 Å². The molecule has 0 aromatic heterocycles. The van der Waals surface area contributed by atoms with Crippen LogP contribution in [0.3, 0.4) is 0 Å². The zero-order valence-corrected chi connectivity index (χ0v) is 14.0. The van der Waals surface area contributed by atoms with Gasteiger partial charge in [0.2, 0.25) is 11.8 Å². The SMILES string of the molecule is CC(=O)N(CCc1cccc(Cl)c1)CC(=O)Nc1ccc(F)cc1. The Morgan fingerprint density at radius 2 is 1.88 bits per heavy atom. The van der Waals surface area contributed by atoms with Crippen LogP contribution in [0.5, 0.6) is 0 Å². The van der Waals surface area contributed by atoms with Crippen molar-refractivity contribution in [3.63, 3.8) is 0 Å². The largest absolute Gasteiger partial charge is 0.333 e. The fourth-order valence-corrected chi connectivity index (χ4v) is 2.42. The highest BCUT2D eigenvalue weighted by Gasteiger charge is 2.14. The van der Waals surface area contributed by atoms with Gasteiger partial charge in [-0.3, -0.25) is 9.59 Å². The summed E-state index contributed by atoms with van der Waals surface area (Å²) in [4.78, 5) is 25.3. The van der Waals surface area contributed by atoms with Crippen LogP contribution in [-0.2, 0) is 16.0 Å². The molecule has 0 saturated heterocycles. The van der Waals surface area contributed by atoms with Gasteiger partial charge in [0.1, 0.15) is 5.82 Å². The Morgan fingerprint density at radius 1 is 1.17 bits per heavy atom. The summed E-state index contributed by atoms with van der Waals surface area (Å²) in [6.07, 6.45) is 0.601. The summed E-state index contributed by atoms with van der Waals surface area (Å²) in [7, 11) is 0. The van der Waals surface area contributed by atoms with E-state index in [0.717, 1.165) is 5.56 Å². The second-order valence-electron chi connectivity index (χ2n) is 5.38. The van der Waals surface area contributed by atoms with Gasteiger partial charge in [0.05, 0.1) is 6.54 Å². The van der Waals surface area contributed by atoms with E-state index >= 15 is 0 Å². The van der Waals surface area contributed by atoms with Crippen LogP contribution < -0.4 is 5.32 Å². The van der Waals surface area contributed by atoms with Crippen LogP contribution in [-0.4, -0.2) is 29.8 Å². The predicted octanol–water partition coefficient (Wildman–Crippen LogP) is 3.51. The van der Waals surface area contributed by atoms with Crippen molar-refractivity contribution in [3.8, 4) is 0 Å². The van der Waals surface area contributed by atoms with Crippen molar-refractivity contribution in [2.24, 2.45) is 0 Å². The quantitative estimate of drug-likeness (QED) is 0.868. The topological polar surface area (TPSA) is 49.4 Å². The van der Waals surface area contributed by atoms with Crippen LogP contribution in [0.2, 0.25) is 5.02 Å². The molecule has 0 unspecified atom stereocenters. The van der Waals surface area contributed by atoms with Gasteiger partial charge in [0.15, 0.2) is 0 Å². The zero-order chi connectivity index (χ0) is 17.5. The maximum absolute atomic E-state index is 12.9. The lowest BCUT2D eigenvalue weighted by Crippen LogP contribution is -2.38. The first-order valence-electron chi connectivity index (χ1n) is 7.49. The highest BCUT2D eigenvalue weighted by Crippen LogP contribution is 2.12. The summed E-state index contributed by atoms with van der Waals surface area (Å²) in [5.74, 6) is -0.894. The van der Waals surface area contributed by atoms with E-state index in [1.807, 2.05) is 18.2 Å².